The van der Waals surface area contributed by atoms with Crippen molar-refractivity contribution in [2.75, 3.05) is 25.6 Å². The lowest BCUT2D eigenvalue weighted by Gasteiger charge is -2.26. The highest BCUT2D eigenvalue weighted by atomic mass is 32.2. The molecule has 0 saturated heterocycles. The molecule has 4 aromatic rings. The molecule has 0 aliphatic carbocycles. The van der Waals surface area contributed by atoms with E-state index in [4.69, 9.17) is 14.2 Å². The Morgan fingerprint density at radius 2 is 1.40 bits per heavy atom. The predicted molar refractivity (Wildman–Crippen MR) is 154 cm³/mol. The summed E-state index contributed by atoms with van der Waals surface area (Å²) in [5.74, 6) is 0.712. The molecular weight excluding hydrogens is 530 g/mol. The molecule has 10 heteroatoms. The molecule has 9 nitrogen and oxygen atoms in total. The van der Waals surface area contributed by atoms with Crippen molar-refractivity contribution < 1.29 is 27.4 Å². The van der Waals surface area contributed by atoms with Gasteiger partial charge in [0.2, 0.25) is 5.75 Å². The smallest absolute Gasteiger partial charge is 0.273 e. The third-order valence-electron chi connectivity index (χ3n) is 5.98. The molecule has 40 heavy (non-hydrogen) atoms. The zero-order valence-corrected chi connectivity index (χ0v) is 23.1. The van der Waals surface area contributed by atoms with Crippen LogP contribution in [0.5, 0.6) is 17.2 Å². The standard InChI is InChI=1S/C30H29N3O6S/c1-37-27-18-23(19-28(38-2)29(27)39-3)20-31-32-30(34)25-16-10-11-17-26(25)33(21-22-12-6-4-7-13-22)40(35,36)24-14-8-5-9-15-24/h4-20H,21H2,1-3H3,(H,32,34). The zero-order chi connectivity index (χ0) is 28.5. The normalized spacial score (nSPS) is 11.2. The number of sulfonamides is 1. The monoisotopic (exact) mass is 559 g/mol. The average Bonchev–Trinajstić information content (AvgIpc) is 3.00. The second-order valence-corrected chi connectivity index (χ2v) is 10.3. The van der Waals surface area contributed by atoms with Crippen LogP contribution in [-0.4, -0.2) is 41.9 Å². The number of rotatable bonds is 11. The molecule has 4 rings (SSSR count). The van der Waals surface area contributed by atoms with E-state index in [0.717, 1.165) is 5.56 Å². The van der Waals surface area contributed by atoms with Gasteiger partial charge in [-0.05, 0) is 42.0 Å². The quantitative estimate of drug-likeness (QED) is 0.208. The number of hydrogen-bond donors (Lipinski definition) is 1. The fourth-order valence-electron chi connectivity index (χ4n) is 4.05. The number of methoxy groups -OCH3 is 3. The Bertz CT molecular complexity index is 1570. The summed E-state index contributed by atoms with van der Waals surface area (Å²) in [6, 6.07) is 27.1. The molecule has 0 unspecified atom stereocenters. The molecule has 4 aromatic carbocycles. The van der Waals surface area contributed by atoms with E-state index >= 15 is 0 Å². The van der Waals surface area contributed by atoms with Crippen LogP contribution >= 0.6 is 0 Å². The molecule has 0 aliphatic heterocycles. The first-order valence-electron chi connectivity index (χ1n) is 12.2. The Morgan fingerprint density at radius 3 is 2.00 bits per heavy atom. The Labute approximate surface area is 233 Å². The lowest BCUT2D eigenvalue weighted by molar-refractivity contribution is 0.0955. The van der Waals surface area contributed by atoms with E-state index < -0.39 is 15.9 Å². The molecule has 0 aliphatic rings. The fraction of sp³-hybridized carbons (Fsp3) is 0.133. The van der Waals surface area contributed by atoms with Crippen molar-refractivity contribution in [1.29, 1.82) is 0 Å². The Morgan fingerprint density at radius 1 is 0.825 bits per heavy atom. The van der Waals surface area contributed by atoms with Crippen molar-refractivity contribution in [3.05, 3.63) is 114 Å². The Kier molecular flexibility index (Phi) is 9.03. The van der Waals surface area contributed by atoms with E-state index in [0.29, 0.717) is 22.8 Å². The molecule has 0 fully saturated rings. The van der Waals surface area contributed by atoms with Crippen LogP contribution in [-0.2, 0) is 16.6 Å². The van der Waals surface area contributed by atoms with Crippen LogP contribution in [0.1, 0.15) is 21.5 Å². The van der Waals surface area contributed by atoms with E-state index in [9.17, 15) is 13.2 Å². The zero-order valence-electron chi connectivity index (χ0n) is 22.3. The number of hydrazone groups is 1. The molecule has 0 heterocycles. The number of para-hydroxylation sites is 1. The van der Waals surface area contributed by atoms with Crippen molar-refractivity contribution in [3.8, 4) is 17.2 Å². The number of nitrogens with zero attached hydrogens (tertiary/aromatic N) is 2. The minimum absolute atomic E-state index is 0.0249. The van der Waals surface area contributed by atoms with Gasteiger partial charge in [0.05, 0.1) is 50.2 Å². The summed E-state index contributed by atoms with van der Waals surface area (Å²) in [6.45, 7) is 0.0249. The number of carbonyl (C=O) groups excluding carboxylic acids is 1. The van der Waals surface area contributed by atoms with E-state index in [1.165, 1.54) is 44.0 Å². The molecule has 0 radical (unpaired) electrons. The third-order valence-corrected chi connectivity index (χ3v) is 7.76. The summed E-state index contributed by atoms with van der Waals surface area (Å²) in [5, 5.41) is 4.08. The molecule has 0 saturated carbocycles. The minimum Gasteiger partial charge on any atom is -0.493 e. The van der Waals surface area contributed by atoms with Gasteiger partial charge >= 0.3 is 0 Å². The van der Waals surface area contributed by atoms with Gasteiger partial charge in [-0.2, -0.15) is 5.10 Å². The summed E-state index contributed by atoms with van der Waals surface area (Å²) in [5.41, 5.74) is 4.20. The molecule has 1 N–H and O–H groups in total. The molecule has 206 valence electrons. The highest BCUT2D eigenvalue weighted by Crippen LogP contribution is 2.37. The maximum Gasteiger partial charge on any atom is 0.273 e. The highest BCUT2D eigenvalue weighted by Gasteiger charge is 2.28. The van der Waals surface area contributed by atoms with Crippen LogP contribution in [0.2, 0.25) is 0 Å². The van der Waals surface area contributed by atoms with E-state index in [-0.39, 0.29) is 22.7 Å². The predicted octanol–water partition coefficient (Wildman–Crippen LogP) is 4.87. The molecule has 0 spiro atoms. The summed E-state index contributed by atoms with van der Waals surface area (Å²) in [7, 11) is 0.489. The second kappa shape index (κ2) is 12.8. The van der Waals surface area contributed by atoms with E-state index in [1.807, 2.05) is 30.3 Å². The van der Waals surface area contributed by atoms with Gasteiger partial charge in [0.1, 0.15) is 0 Å². The van der Waals surface area contributed by atoms with Gasteiger partial charge in [-0.3, -0.25) is 9.10 Å². The number of anilines is 1. The fourth-order valence-corrected chi connectivity index (χ4v) is 5.55. The van der Waals surface area contributed by atoms with Crippen molar-refractivity contribution in [2.24, 2.45) is 5.10 Å². The second-order valence-electron chi connectivity index (χ2n) is 8.49. The average molecular weight is 560 g/mol. The largest absolute Gasteiger partial charge is 0.493 e. The Balaban J connectivity index is 1.67. The van der Waals surface area contributed by atoms with Crippen molar-refractivity contribution in [1.82, 2.24) is 5.43 Å². The van der Waals surface area contributed by atoms with Gasteiger partial charge in [-0.25, -0.2) is 13.8 Å². The molecule has 0 aromatic heterocycles. The summed E-state index contributed by atoms with van der Waals surface area (Å²) >= 11 is 0. The number of carbonyl (C=O) groups is 1. The van der Waals surface area contributed by atoms with Crippen LogP contribution in [0.3, 0.4) is 0 Å². The van der Waals surface area contributed by atoms with Crippen LogP contribution in [0, 0.1) is 0 Å². The van der Waals surface area contributed by atoms with E-state index in [1.54, 1.807) is 54.6 Å². The van der Waals surface area contributed by atoms with Gasteiger partial charge in [0.25, 0.3) is 15.9 Å². The van der Waals surface area contributed by atoms with Crippen LogP contribution in [0.25, 0.3) is 0 Å². The van der Waals surface area contributed by atoms with Crippen LogP contribution < -0.4 is 23.9 Å². The van der Waals surface area contributed by atoms with Crippen molar-refractivity contribution >= 4 is 27.8 Å². The number of nitrogens with one attached hydrogen (secondary N) is 1. The van der Waals surface area contributed by atoms with Crippen molar-refractivity contribution in [2.45, 2.75) is 11.4 Å². The first-order chi connectivity index (χ1) is 19.4. The number of hydrogen-bond acceptors (Lipinski definition) is 7. The first kappa shape index (κ1) is 28.2. The molecule has 0 bridgehead atoms. The summed E-state index contributed by atoms with van der Waals surface area (Å²) < 4.78 is 44.9. The van der Waals surface area contributed by atoms with Gasteiger partial charge in [-0.1, -0.05) is 60.7 Å². The number of ether oxygens (including phenoxy) is 3. The van der Waals surface area contributed by atoms with E-state index in [2.05, 4.69) is 10.5 Å². The van der Waals surface area contributed by atoms with Crippen LogP contribution in [0.15, 0.2) is 107 Å². The molecular formula is C30H29N3O6S. The summed E-state index contributed by atoms with van der Waals surface area (Å²) in [6.07, 6.45) is 1.42. The van der Waals surface area contributed by atoms with Gasteiger partial charge in [0, 0.05) is 5.56 Å². The maximum atomic E-state index is 13.8. The minimum atomic E-state index is -4.02. The van der Waals surface area contributed by atoms with Gasteiger partial charge in [0.15, 0.2) is 11.5 Å². The number of benzene rings is 4. The maximum absolute atomic E-state index is 13.8. The lowest BCUT2D eigenvalue weighted by Crippen LogP contribution is -2.33. The number of amides is 1. The Hall–Kier alpha value is -4.83. The third kappa shape index (κ3) is 6.24. The first-order valence-corrected chi connectivity index (χ1v) is 13.7. The highest BCUT2D eigenvalue weighted by molar-refractivity contribution is 7.92. The molecule has 0 atom stereocenters. The summed E-state index contributed by atoms with van der Waals surface area (Å²) in [4.78, 5) is 13.4. The lowest BCUT2D eigenvalue weighted by atomic mass is 10.1. The van der Waals surface area contributed by atoms with Gasteiger partial charge < -0.3 is 14.2 Å². The van der Waals surface area contributed by atoms with Gasteiger partial charge in [-0.15, -0.1) is 0 Å². The SMILES string of the molecule is COc1cc(C=NNC(=O)c2ccccc2N(Cc2ccccc2)S(=O)(=O)c2ccccc2)cc(OC)c1OC. The molecule has 1 amide bonds. The van der Waals surface area contributed by atoms with Crippen molar-refractivity contribution in [3.63, 3.8) is 0 Å². The van der Waals surface area contributed by atoms with Crippen LogP contribution in [0.4, 0.5) is 5.69 Å². The topological polar surface area (TPSA) is 107 Å².